The zero-order valence-electron chi connectivity index (χ0n) is 15.1. The van der Waals surface area contributed by atoms with Crippen LogP contribution in [0.2, 0.25) is 5.02 Å². The van der Waals surface area contributed by atoms with Crippen LogP contribution in [0.4, 0.5) is 0 Å². The standard InChI is InChI=1S/C22H27ClN2/c1-3-15(2)18-8-6-9-20-19(7-4-5-14-24)21(25-22(18)20)16-10-12-17(23)13-11-16/h6,8-13,15,25H,3-5,7,14,24H2,1-2H3. The quantitative estimate of drug-likeness (QED) is 0.481. The molecule has 2 aromatic carbocycles. The fraction of sp³-hybridized carbons (Fsp3) is 0.364. The number of rotatable bonds is 7. The van der Waals surface area contributed by atoms with E-state index >= 15 is 0 Å². The minimum atomic E-state index is 0.539. The van der Waals surface area contributed by atoms with Crippen molar-refractivity contribution in [3.8, 4) is 11.3 Å². The Bertz CT molecular complexity index is 833. The van der Waals surface area contributed by atoms with Gasteiger partial charge in [0.2, 0.25) is 0 Å². The van der Waals surface area contributed by atoms with Gasteiger partial charge in [0.1, 0.15) is 0 Å². The number of nitrogens with one attached hydrogen (secondary N) is 1. The highest BCUT2D eigenvalue weighted by molar-refractivity contribution is 6.30. The molecule has 0 radical (unpaired) electrons. The summed E-state index contributed by atoms with van der Waals surface area (Å²) in [5.74, 6) is 0.539. The second-order valence-electron chi connectivity index (χ2n) is 6.81. The molecule has 25 heavy (non-hydrogen) atoms. The number of aromatic amines is 1. The maximum Gasteiger partial charge on any atom is 0.0497 e. The third-order valence-electron chi connectivity index (χ3n) is 5.13. The van der Waals surface area contributed by atoms with Crippen molar-refractivity contribution in [1.29, 1.82) is 0 Å². The number of halogens is 1. The largest absolute Gasteiger partial charge is 0.354 e. The van der Waals surface area contributed by atoms with E-state index < -0.39 is 0 Å². The molecule has 0 fully saturated rings. The fourth-order valence-electron chi connectivity index (χ4n) is 3.50. The summed E-state index contributed by atoms with van der Waals surface area (Å²) in [6.07, 6.45) is 4.34. The van der Waals surface area contributed by atoms with Crippen LogP contribution in [0.5, 0.6) is 0 Å². The molecule has 1 unspecified atom stereocenters. The molecule has 2 nitrogen and oxygen atoms in total. The first-order valence-electron chi connectivity index (χ1n) is 9.25. The predicted molar refractivity (Wildman–Crippen MR) is 109 cm³/mol. The van der Waals surface area contributed by atoms with Gasteiger partial charge in [-0.25, -0.2) is 0 Å². The lowest BCUT2D eigenvalue weighted by Crippen LogP contribution is -1.99. The van der Waals surface area contributed by atoms with E-state index in [9.17, 15) is 0 Å². The number of H-pyrrole nitrogens is 1. The Hall–Kier alpha value is -1.77. The summed E-state index contributed by atoms with van der Waals surface area (Å²) < 4.78 is 0. The first kappa shape index (κ1) is 18.0. The van der Waals surface area contributed by atoms with Crippen LogP contribution in [0.3, 0.4) is 0 Å². The first-order valence-corrected chi connectivity index (χ1v) is 9.63. The Morgan fingerprint density at radius 1 is 1.08 bits per heavy atom. The van der Waals surface area contributed by atoms with Gasteiger partial charge in [-0.1, -0.05) is 55.8 Å². The summed E-state index contributed by atoms with van der Waals surface area (Å²) in [6, 6.07) is 14.8. The SMILES string of the molecule is CCC(C)c1cccc2c(CCCCN)c(-c3ccc(Cl)cc3)[nH]c12. The lowest BCUT2D eigenvalue weighted by molar-refractivity contribution is 0.738. The van der Waals surface area contributed by atoms with E-state index in [1.54, 1.807) is 0 Å². The van der Waals surface area contributed by atoms with E-state index in [1.807, 2.05) is 12.1 Å². The Balaban J connectivity index is 2.16. The van der Waals surface area contributed by atoms with Gasteiger partial charge in [-0.3, -0.25) is 0 Å². The maximum absolute atomic E-state index is 6.08. The smallest absolute Gasteiger partial charge is 0.0497 e. The molecule has 3 N–H and O–H groups in total. The minimum absolute atomic E-state index is 0.539. The topological polar surface area (TPSA) is 41.8 Å². The molecule has 1 atom stereocenters. The summed E-state index contributed by atoms with van der Waals surface area (Å²) in [6.45, 7) is 5.29. The molecule has 1 aromatic heterocycles. The van der Waals surface area contributed by atoms with E-state index in [0.29, 0.717) is 5.92 Å². The van der Waals surface area contributed by atoms with E-state index in [4.69, 9.17) is 17.3 Å². The van der Waals surface area contributed by atoms with Crippen LogP contribution in [0.1, 0.15) is 50.2 Å². The molecule has 0 aliphatic rings. The Morgan fingerprint density at radius 3 is 2.52 bits per heavy atom. The van der Waals surface area contributed by atoms with Gasteiger partial charge in [0, 0.05) is 21.6 Å². The normalized spacial score (nSPS) is 12.6. The first-order chi connectivity index (χ1) is 12.2. The summed E-state index contributed by atoms with van der Waals surface area (Å²) in [4.78, 5) is 3.74. The van der Waals surface area contributed by atoms with Gasteiger partial charge in [-0.05, 0) is 67.0 Å². The van der Waals surface area contributed by atoms with Gasteiger partial charge in [-0.2, -0.15) is 0 Å². The maximum atomic E-state index is 6.08. The Labute approximate surface area is 155 Å². The average Bonchev–Trinajstić information content (AvgIpc) is 3.00. The van der Waals surface area contributed by atoms with Gasteiger partial charge in [0.05, 0.1) is 0 Å². The number of nitrogens with two attached hydrogens (primary N) is 1. The lowest BCUT2D eigenvalue weighted by atomic mass is 9.94. The molecule has 0 amide bonds. The second-order valence-corrected chi connectivity index (χ2v) is 7.25. The summed E-state index contributed by atoms with van der Waals surface area (Å²) in [5.41, 5.74) is 12.2. The summed E-state index contributed by atoms with van der Waals surface area (Å²) in [7, 11) is 0. The summed E-state index contributed by atoms with van der Waals surface area (Å²) >= 11 is 6.08. The zero-order valence-corrected chi connectivity index (χ0v) is 15.9. The monoisotopic (exact) mass is 354 g/mol. The van der Waals surface area contributed by atoms with Gasteiger partial charge < -0.3 is 10.7 Å². The van der Waals surface area contributed by atoms with Crippen molar-refractivity contribution in [3.63, 3.8) is 0 Å². The molecular formula is C22H27ClN2. The number of fused-ring (bicyclic) bond motifs is 1. The molecule has 3 rings (SSSR count). The average molecular weight is 355 g/mol. The van der Waals surface area contributed by atoms with E-state index in [0.717, 1.165) is 37.3 Å². The molecule has 0 spiro atoms. The van der Waals surface area contributed by atoms with Crippen LogP contribution in [0.25, 0.3) is 22.2 Å². The molecule has 3 heteroatoms. The second kappa shape index (κ2) is 8.07. The molecule has 132 valence electrons. The Kier molecular flexibility index (Phi) is 5.82. The number of benzene rings is 2. The molecule has 0 aliphatic heterocycles. The highest BCUT2D eigenvalue weighted by Gasteiger charge is 2.17. The highest BCUT2D eigenvalue weighted by Crippen LogP contribution is 2.36. The van der Waals surface area contributed by atoms with Crippen LogP contribution < -0.4 is 5.73 Å². The van der Waals surface area contributed by atoms with Crippen molar-refractivity contribution >= 4 is 22.5 Å². The van der Waals surface area contributed by atoms with E-state index in [2.05, 4.69) is 49.2 Å². The van der Waals surface area contributed by atoms with Crippen LogP contribution in [0, 0.1) is 0 Å². The van der Waals surface area contributed by atoms with Crippen molar-refractivity contribution < 1.29 is 0 Å². The van der Waals surface area contributed by atoms with Crippen LogP contribution in [0.15, 0.2) is 42.5 Å². The van der Waals surface area contributed by atoms with Crippen molar-refractivity contribution in [2.24, 2.45) is 5.73 Å². The third kappa shape index (κ3) is 3.75. The fourth-order valence-corrected chi connectivity index (χ4v) is 3.62. The number of hydrogen-bond acceptors (Lipinski definition) is 1. The Morgan fingerprint density at radius 2 is 1.84 bits per heavy atom. The summed E-state index contributed by atoms with van der Waals surface area (Å²) in [5, 5.41) is 2.12. The van der Waals surface area contributed by atoms with Crippen LogP contribution in [-0.2, 0) is 6.42 Å². The molecule has 0 bridgehead atoms. The predicted octanol–water partition coefficient (Wildman–Crippen LogP) is 6.28. The number of aromatic nitrogens is 1. The van der Waals surface area contributed by atoms with Gasteiger partial charge in [0.25, 0.3) is 0 Å². The minimum Gasteiger partial charge on any atom is -0.354 e. The van der Waals surface area contributed by atoms with E-state index in [-0.39, 0.29) is 0 Å². The van der Waals surface area contributed by atoms with Crippen molar-refractivity contribution in [3.05, 3.63) is 58.6 Å². The molecular weight excluding hydrogens is 328 g/mol. The number of unbranched alkanes of at least 4 members (excludes halogenated alkanes) is 1. The van der Waals surface area contributed by atoms with E-state index in [1.165, 1.54) is 33.3 Å². The zero-order chi connectivity index (χ0) is 17.8. The van der Waals surface area contributed by atoms with Gasteiger partial charge >= 0.3 is 0 Å². The number of hydrogen-bond donors (Lipinski definition) is 2. The molecule has 1 heterocycles. The van der Waals surface area contributed by atoms with Crippen LogP contribution >= 0.6 is 11.6 Å². The molecule has 3 aromatic rings. The van der Waals surface area contributed by atoms with Gasteiger partial charge in [0.15, 0.2) is 0 Å². The van der Waals surface area contributed by atoms with Crippen molar-refractivity contribution in [1.82, 2.24) is 4.98 Å². The van der Waals surface area contributed by atoms with Gasteiger partial charge in [-0.15, -0.1) is 0 Å². The molecule has 0 saturated heterocycles. The number of para-hydroxylation sites is 1. The lowest BCUT2D eigenvalue weighted by Gasteiger charge is -2.10. The highest BCUT2D eigenvalue weighted by atomic mass is 35.5. The molecule has 0 saturated carbocycles. The van der Waals surface area contributed by atoms with Crippen LogP contribution in [-0.4, -0.2) is 11.5 Å². The third-order valence-corrected chi connectivity index (χ3v) is 5.38. The number of aryl methyl sites for hydroxylation is 1. The van der Waals surface area contributed by atoms with Crippen molar-refractivity contribution in [2.75, 3.05) is 6.54 Å². The molecule has 0 aliphatic carbocycles. The van der Waals surface area contributed by atoms with Crippen molar-refractivity contribution in [2.45, 2.75) is 45.4 Å².